The Morgan fingerprint density at radius 1 is 1.14 bits per heavy atom. The van der Waals surface area contributed by atoms with E-state index in [4.69, 9.17) is 15.2 Å². The fraction of sp³-hybridized carbons (Fsp3) is 0.250. The molecule has 5 heteroatoms. The number of ether oxygens (including phenoxy) is 2. The maximum atomic E-state index is 13.6. The first-order chi connectivity index (χ1) is 10.2. The van der Waals surface area contributed by atoms with Crippen LogP contribution in [0.4, 0.5) is 15.8 Å². The maximum absolute atomic E-state index is 13.6. The smallest absolute Gasteiger partial charge is 0.167 e. The second-order valence-corrected chi connectivity index (χ2v) is 4.39. The average molecular weight is 290 g/mol. The first-order valence-corrected chi connectivity index (χ1v) is 6.84. The number of nitrogens with two attached hydrogens (primary N) is 1. The van der Waals surface area contributed by atoms with Gasteiger partial charge in [0.2, 0.25) is 0 Å². The van der Waals surface area contributed by atoms with E-state index >= 15 is 0 Å². The lowest BCUT2D eigenvalue weighted by atomic mass is 10.2. The summed E-state index contributed by atoms with van der Waals surface area (Å²) >= 11 is 0. The number of hydrogen-bond donors (Lipinski definition) is 2. The van der Waals surface area contributed by atoms with Gasteiger partial charge in [-0.15, -0.1) is 0 Å². The molecule has 2 aromatic rings. The predicted octanol–water partition coefficient (Wildman–Crippen LogP) is 3.30. The van der Waals surface area contributed by atoms with Gasteiger partial charge in [0, 0.05) is 18.7 Å². The molecule has 0 aliphatic heterocycles. The fourth-order valence-electron chi connectivity index (χ4n) is 1.86. The molecule has 0 atom stereocenters. The Labute approximate surface area is 123 Å². The van der Waals surface area contributed by atoms with E-state index in [2.05, 4.69) is 5.32 Å². The molecule has 0 aliphatic rings. The van der Waals surface area contributed by atoms with Gasteiger partial charge in [-0.2, -0.15) is 0 Å². The van der Waals surface area contributed by atoms with Gasteiger partial charge in [0.1, 0.15) is 12.4 Å². The third-order valence-corrected chi connectivity index (χ3v) is 2.83. The van der Waals surface area contributed by atoms with Crippen molar-refractivity contribution in [3.63, 3.8) is 0 Å². The highest BCUT2D eigenvalue weighted by atomic mass is 19.1. The second kappa shape index (κ2) is 7.38. The van der Waals surface area contributed by atoms with Crippen LogP contribution in [0.25, 0.3) is 0 Å². The summed E-state index contributed by atoms with van der Waals surface area (Å²) < 4.78 is 24.3. The van der Waals surface area contributed by atoms with E-state index in [0.717, 1.165) is 5.75 Å². The molecule has 3 N–H and O–H groups in total. The molecule has 0 aliphatic carbocycles. The molecule has 0 saturated heterocycles. The highest BCUT2D eigenvalue weighted by Gasteiger charge is 2.08. The number of rotatable bonds is 7. The minimum atomic E-state index is -0.458. The summed E-state index contributed by atoms with van der Waals surface area (Å²) in [6, 6.07) is 12.4. The summed E-state index contributed by atoms with van der Waals surface area (Å²) in [5.74, 6) is 0.542. The molecule has 0 unspecified atom stereocenters. The molecule has 2 aromatic carbocycles. The van der Waals surface area contributed by atoms with Gasteiger partial charge < -0.3 is 20.5 Å². The van der Waals surface area contributed by atoms with Gasteiger partial charge in [0.15, 0.2) is 11.6 Å². The molecule has 0 heterocycles. The predicted molar refractivity (Wildman–Crippen MR) is 82.4 cm³/mol. The van der Waals surface area contributed by atoms with Gasteiger partial charge in [0.05, 0.1) is 18.0 Å². The van der Waals surface area contributed by atoms with Crippen LogP contribution in [0.1, 0.15) is 6.92 Å². The normalized spacial score (nSPS) is 10.2. The van der Waals surface area contributed by atoms with E-state index in [1.807, 2.05) is 30.3 Å². The van der Waals surface area contributed by atoms with Crippen LogP contribution in [0.2, 0.25) is 0 Å². The fourth-order valence-corrected chi connectivity index (χ4v) is 1.86. The molecule has 21 heavy (non-hydrogen) atoms. The van der Waals surface area contributed by atoms with Crippen molar-refractivity contribution in [1.82, 2.24) is 0 Å². The SMILES string of the molecule is CCOc1cc(NCCOc2ccccc2)c(N)cc1F. The average Bonchev–Trinajstić information content (AvgIpc) is 2.49. The van der Waals surface area contributed by atoms with Gasteiger partial charge in [-0.25, -0.2) is 4.39 Å². The topological polar surface area (TPSA) is 56.5 Å². The van der Waals surface area contributed by atoms with Crippen molar-refractivity contribution in [1.29, 1.82) is 0 Å². The van der Waals surface area contributed by atoms with Crippen LogP contribution in [-0.2, 0) is 0 Å². The molecule has 0 bridgehead atoms. The number of para-hydroxylation sites is 1. The zero-order chi connectivity index (χ0) is 15.1. The third-order valence-electron chi connectivity index (χ3n) is 2.83. The van der Waals surface area contributed by atoms with Gasteiger partial charge in [-0.1, -0.05) is 18.2 Å². The maximum Gasteiger partial charge on any atom is 0.167 e. The van der Waals surface area contributed by atoms with Gasteiger partial charge in [0.25, 0.3) is 0 Å². The van der Waals surface area contributed by atoms with Crippen LogP contribution in [-0.4, -0.2) is 19.8 Å². The number of nitrogens with one attached hydrogen (secondary N) is 1. The Hall–Kier alpha value is -2.43. The van der Waals surface area contributed by atoms with E-state index < -0.39 is 5.82 Å². The quantitative estimate of drug-likeness (QED) is 0.607. The summed E-state index contributed by atoms with van der Waals surface area (Å²) in [5.41, 5.74) is 6.76. The van der Waals surface area contributed by atoms with Gasteiger partial charge >= 0.3 is 0 Å². The minimum absolute atomic E-state index is 0.193. The molecule has 0 radical (unpaired) electrons. The second-order valence-electron chi connectivity index (χ2n) is 4.39. The number of hydrogen-bond acceptors (Lipinski definition) is 4. The summed E-state index contributed by atoms with van der Waals surface area (Å²) in [7, 11) is 0. The molecule has 112 valence electrons. The largest absolute Gasteiger partial charge is 0.492 e. The zero-order valence-corrected chi connectivity index (χ0v) is 11.9. The molecule has 0 saturated carbocycles. The number of halogens is 1. The highest BCUT2D eigenvalue weighted by Crippen LogP contribution is 2.28. The van der Waals surface area contributed by atoms with Crippen LogP contribution in [0.3, 0.4) is 0 Å². The third kappa shape index (κ3) is 4.27. The molecular formula is C16H19FN2O2. The summed E-state index contributed by atoms with van der Waals surface area (Å²) in [6.45, 7) is 3.23. The first kappa shape index (κ1) is 15.0. The Balaban J connectivity index is 1.89. The summed E-state index contributed by atoms with van der Waals surface area (Å²) in [5, 5.41) is 3.11. The van der Waals surface area contributed by atoms with Crippen LogP contribution >= 0.6 is 0 Å². The van der Waals surface area contributed by atoms with Crippen molar-refractivity contribution in [3.05, 3.63) is 48.3 Å². The Kier molecular flexibility index (Phi) is 5.26. The molecule has 0 amide bonds. The molecular weight excluding hydrogens is 271 g/mol. The monoisotopic (exact) mass is 290 g/mol. The highest BCUT2D eigenvalue weighted by molar-refractivity contribution is 5.68. The van der Waals surface area contributed by atoms with Crippen LogP contribution in [0.5, 0.6) is 11.5 Å². The molecule has 0 fully saturated rings. The standard InChI is InChI=1S/C16H19FN2O2/c1-2-20-16-11-15(14(18)10-13(16)17)19-8-9-21-12-6-4-3-5-7-12/h3-7,10-11,19H,2,8-9,18H2,1H3. The minimum Gasteiger partial charge on any atom is -0.492 e. The number of anilines is 2. The van der Waals surface area contributed by atoms with Crippen molar-refractivity contribution < 1.29 is 13.9 Å². The summed E-state index contributed by atoms with van der Waals surface area (Å²) in [6.07, 6.45) is 0. The van der Waals surface area contributed by atoms with Crippen molar-refractivity contribution in [3.8, 4) is 11.5 Å². The van der Waals surface area contributed by atoms with Crippen LogP contribution in [0.15, 0.2) is 42.5 Å². The zero-order valence-electron chi connectivity index (χ0n) is 11.9. The van der Waals surface area contributed by atoms with E-state index in [1.54, 1.807) is 13.0 Å². The van der Waals surface area contributed by atoms with Gasteiger partial charge in [-0.3, -0.25) is 0 Å². The van der Waals surface area contributed by atoms with Gasteiger partial charge in [-0.05, 0) is 19.1 Å². The van der Waals surface area contributed by atoms with E-state index in [9.17, 15) is 4.39 Å². The van der Waals surface area contributed by atoms with E-state index in [0.29, 0.717) is 31.1 Å². The van der Waals surface area contributed by atoms with Crippen molar-refractivity contribution in [2.24, 2.45) is 0 Å². The van der Waals surface area contributed by atoms with Crippen LogP contribution < -0.4 is 20.5 Å². The van der Waals surface area contributed by atoms with Crippen LogP contribution in [0, 0.1) is 5.82 Å². The Morgan fingerprint density at radius 3 is 2.62 bits per heavy atom. The number of benzene rings is 2. The lowest BCUT2D eigenvalue weighted by molar-refractivity contribution is 0.321. The number of nitrogen functional groups attached to an aromatic ring is 1. The van der Waals surface area contributed by atoms with Crippen molar-refractivity contribution in [2.75, 3.05) is 30.8 Å². The molecule has 4 nitrogen and oxygen atoms in total. The molecule has 0 spiro atoms. The van der Waals surface area contributed by atoms with Crippen molar-refractivity contribution in [2.45, 2.75) is 6.92 Å². The lowest BCUT2D eigenvalue weighted by Gasteiger charge is -2.13. The lowest BCUT2D eigenvalue weighted by Crippen LogP contribution is -2.13. The Bertz CT molecular complexity index is 576. The van der Waals surface area contributed by atoms with E-state index in [-0.39, 0.29) is 5.75 Å². The molecule has 0 aromatic heterocycles. The molecule has 2 rings (SSSR count). The first-order valence-electron chi connectivity index (χ1n) is 6.84. The van der Waals surface area contributed by atoms with Crippen molar-refractivity contribution >= 4 is 11.4 Å². The summed E-state index contributed by atoms with van der Waals surface area (Å²) in [4.78, 5) is 0. The van der Waals surface area contributed by atoms with E-state index in [1.165, 1.54) is 6.07 Å². The Morgan fingerprint density at radius 2 is 1.90 bits per heavy atom.